The summed E-state index contributed by atoms with van der Waals surface area (Å²) in [5.74, 6) is 3.87. The number of aromatic nitrogens is 2. The van der Waals surface area contributed by atoms with Crippen molar-refractivity contribution in [1.29, 1.82) is 0 Å². The molecule has 2 aromatic rings. The van der Waals surface area contributed by atoms with Crippen LogP contribution in [-0.2, 0) is 11.3 Å². The van der Waals surface area contributed by atoms with Crippen molar-refractivity contribution in [3.63, 3.8) is 0 Å². The lowest BCUT2D eigenvalue weighted by atomic mass is 10.0. The Morgan fingerprint density at radius 1 is 1.16 bits per heavy atom. The molecular formula is C19H21N3O3. The lowest BCUT2D eigenvalue weighted by molar-refractivity contribution is -0.117. The van der Waals surface area contributed by atoms with Crippen molar-refractivity contribution >= 4 is 11.7 Å². The first kappa shape index (κ1) is 14.8. The van der Waals surface area contributed by atoms with Gasteiger partial charge in [0, 0.05) is 12.0 Å². The number of benzene rings is 1. The number of carbonyl (C=O) groups is 1. The highest BCUT2D eigenvalue weighted by molar-refractivity contribution is 5.94. The maximum atomic E-state index is 12.6. The zero-order valence-electron chi connectivity index (χ0n) is 14.0. The van der Waals surface area contributed by atoms with Gasteiger partial charge in [-0.05, 0) is 42.4 Å². The van der Waals surface area contributed by atoms with Crippen LogP contribution < -0.4 is 14.8 Å². The summed E-state index contributed by atoms with van der Waals surface area (Å²) in [7, 11) is 0. The van der Waals surface area contributed by atoms with Crippen molar-refractivity contribution < 1.29 is 14.3 Å². The smallest absolute Gasteiger partial charge is 0.231 e. The zero-order valence-corrected chi connectivity index (χ0v) is 14.0. The average molecular weight is 339 g/mol. The van der Waals surface area contributed by atoms with Gasteiger partial charge in [0.05, 0.1) is 12.7 Å². The van der Waals surface area contributed by atoms with Crippen LogP contribution in [0.4, 0.5) is 5.82 Å². The molecule has 1 unspecified atom stereocenters. The van der Waals surface area contributed by atoms with Crippen LogP contribution in [0.1, 0.15) is 31.2 Å². The molecule has 1 N–H and O–H groups in total. The quantitative estimate of drug-likeness (QED) is 0.930. The van der Waals surface area contributed by atoms with E-state index in [-0.39, 0.29) is 18.6 Å². The highest BCUT2D eigenvalue weighted by atomic mass is 16.7. The fraction of sp³-hybridized carbons (Fsp3) is 0.474. The molecule has 5 rings (SSSR count). The minimum Gasteiger partial charge on any atom is -0.454 e. The molecule has 1 aromatic heterocycles. The van der Waals surface area contributed by atoms with Crippen molar-refractivity contribution in [2.75, 3.05) is 12.1 Å². The number of rotatable bonds is 4. The van der Waals surface area contributed by atoms with Gasteiger partial charge in [0.1, 0.15) is 5.82 Å². The van der Waals surface area contributed by atoms with Crippen molar-refractivity contribution in [2.45, 2.75) is 32.2 Å². The second-order valence-electron chi connectivity index (χ2n) is 7.19. The van der Waals surface area contributed by atoms with Crippen LogP contribution in [0.25, 0.3) is 0 Å². The van der Waals surface area contributed by atoms with E-state index < -0.39 is 0 Å². The molecule has 0 bridgehead atoms. The number of hydrogen-bond donors (Lipinski definition) is 1. The molecule has 1 amide bonds. The van der Waals surface area contributed by atoms with Crippen LogP contribution in [0, 0.1) is 17.8 Å². The molecule has 130 valence electrons. The molecule has 2 aliphatic carbocycles. The second-order valence-corrected chi connectivity index (χ2v) is 7.19. The first-order valence-electron chi connectivity index (χ1n) is 9.01. The van der Waals surface area contributed by atoms with Gasteiger partial charge in [0.25, 0.3) is 0 Å². The number of anilines is 1. The Bertz CT molecular complexity index is 804. The van der Waals surface area contributed by atoms with Gasteiger partial charge in [-0.1, -0.05) is 18.9 Å². The highest BCUT2D eigenvalue weighted by Gasteiger charge is 2.54. The Hall–Kier alpha value is -2.50. The van der Waals surface area contributed by atoms with Crippen molar-refractivity contribution in [1.82, 2.24) is 9.78 Å². The Balaban J connectivity index is 1.28. The molecule has 1 aromatic carbocycles. The van der Waals surface area contributed by atoms with Crippen LogP contribution >= 0.6 is 0 Å². The summed E-state index contributed by atoms with van der Waals surface area (Å²) in [6, 6.07) is 7.73. The van der Waals surface area contributed by atoms with Crippen molar-refractivity contribution in [2.24, 2.45) is 17.8 Å². The van der Waals surface area contributed by atoms with E-state index in [1.807, 2.05) is 28.9 Å². The molecule has 0 spiro atoms. The second kappa shape index (κ2) is 5.79. The third kappa shape index (κ3) is 2.65. The van der Waals surface area contributed by atoms with Gasteiger partial charge in [-0.15, -0.1) is 0 Å². The molecule has 6 heteroatoms. The van der Waals surface area contributed by atoms with Crippen molar-refractivity contribution in [3.8, 4) is 11.5 Å². The number of hydrogen-bond acceptors (Lipinski definition) is 4. The van der Waals surface area contributed by atoms with E-state index in [2.05, 4.69) is 10.4 Å². The van der Waals surface area contributed by atoms with Gasteiger partial charge in [0.15, 0.2) is 11.5 Å². The fourth-order valence-corrected chi connectivity index (χ4v) is 4.37. The Morgan fingerprint density at radius 2 is 1.96 bits per heavy atom. The summed E-state index contributed by atoms with van der Waals surface area (Å²) in [5, 5.41) is 7.45. The molecule has 3 atom stereocenters. The molecule has 6 nitrogen and oxygen atoms in total. The standard InChI is InChI=1S/C19H21N3O3/c23-19(18-13-3-1-2-4-14(13)18)21-17-7-8-20-22(17)10-12-5-6-15-16(9-12)25-11-24-15/h5-9,13-14,18H,1-4,10-11H2,(H,21,23)/t13-,14+,18?. The number of fused-ring (bicyclic) bond motifs is 2. The number of amides is 1. The third-order valence-corrected chi connectivity index (χ3v) is 5.70. The molecular weight excluding hydrogens is 318 g/mol. The maximum Gasteiger partial charge on any atom is 0.231 e. The van der Waals surface area contributed by atoms with E-state index in [4.69, 9.17) is 9.47 Å². The van der Waals surface area contributed by atoms with Gasteiger partial charge >= 0.3 is 0 Å². The summed E-state index contributed by atoms with van der Waals surface area (Å²) in [4.78, 5) is 12.6. The summed E-state index contributed by atoms with van der Waals surface area (Å²) in [5.41, 5.74) is 1.06. The molecule has 2 saturated carbocycles. The maximum absolute atomic E-state index is 12.6. The molecule has 2 heterocycles. The summed E-state index contributed by atoms with van der Waals surface area (Å²) >= 11 is 0. The van der Waals surface area contributed by atoms with E-state index in [9.17, 15) is 4.79 Å². The van der Waals surface area contributed by atoms with E-state index in [1.165, 1.54) is 25.7 Å². The zero-order chi connectivity index (χ0) is 16.8. The van der Waals surface area contributed by atoms with Gasteiger partial charge in [0.2, 0.25) is 12.7 Å². The Morgan fingerprint density at radius 3 is 2.80 bits per heavy atom. The predicted molar refractivity (Wildman–Crippen MR) is 91.5 cm³/mol. The number of nitrogens with zero attached hydrogens (tertiary/aromatic N) is 2. The molecule has 2 fully saturated rings. The lowest BCUT2D eigenvalue weighted by Gasteiger charge is -2.09. The topological polar surface area (TPSA) is 65.4 Å². The molecule has 0 radical (unpaired) electrons. The first-order chi connectivity index (χ1) is 12.3. The van der Waals surface area contributed by atoms with Gasteiger partial charge in [-0.25, -0.2) is 4.68 Å². The number of nitrogens with one attached hydrogen (secondary N) is 1. The Labute approximate surface area is 146 Å². The molecule has 1 aliphatic heterocycles. The summed E-state index contributed by atoms with van der Waals surface area (Å²) in [6.07, 6.45) is 6.68. The third-order valence-electron chi connectivity index (χ3n) is 5.70. The van der Waals surface area contributed by atoms with Crippen LogP contribution in [0.5, 0.6) is 11.5 Å². The fourth-order valence-electron chi connectivity index (χ4n) is 4.37. The normalized spacial score (nSPS) is 26.2. The lowest BCUT2D eigenvalue weighted by Crippen LogP contribution is -2.18. The minimum absolute atomic E-state index is 0.157. The van der Waals surface area contributed by atoms with Gasteiger partial charge in [-0.3, -0.25) is 4.79 Å². The van der Waals surface area contributed by atoms with Crippen LogP contribution in [0.3, 0.4) is 0 Å². The summed E-state index contributed by atoms with van der Waals surface area (Å²) < 4.78 is 12.6. The van der Waals surface area contributed by atoms with E-state index in [1.54, 1.807) is 6.20 Å². The van der Waals surface area contributed by atoms with E-state index in [0.29, 0.717) is 18.4 Å². The minimum atomic E-state index is 0.157. The van der Waals surface area contributed by atoms with Gasteiger partial charge < -0.3 is 14.8 Å². The highest BCUT2D eigenvalue weighted by Crippen LogP contribution is 2.55. The molecule has 0 saturated heterocycles. The molecule has 25 heavy (non-hydrogen) atoms. The SMILES string of the molecule is O=C(Nc1ccnn1Cc1ccc2c(c1)OCO2)C1[C@H]2CCCC[C@@H]12. The van der Waals surface area contributed by atoms with E-state index in [0.717, 1.165) is 22.9 Å². The summed E-state index contributed by atoms with van der Waals surface area (Å²) in [6.45, 7) is 0.850. The Kier molecular flexibility index (Phi) is 3.43. The number of ether oxygens (including phenoxy) is 2. The molecule has 3 aliphatic rings. The van der Waals surface area contributed by atoms with Crippen LogP contribution in [0.15, 0.2) is 30.5 Å². The largest absolute Gasteiger partial charge is 0.454 e. The van der Waals surface area contributed by atoms with Crippen molar-refractivity contribution in [3.05, 3.63) is 36.0 Å². The van der Waals surface area contributed by atoms with E-state index >= 15 is 0 Å². The predicted octanol–water partition coefficient (Wildman–Crippen LogP) is 3.03. The first-order valence-corrected chi connectivity index (χ1v) is 9.01. The van der Waals surface area contributed by atoms with Crippen LogP contribution in [0.2, 0.25) is 0 Å². The van der Waals surface area contributed by atoms with Gasteiger partial charge in [-0.2, -0.15) is 5.10 Å². The average Bonchev–Trinajstić information content (AvgIpc) is 2.92. The monoisotopic (exact) mass is 339 g/mol. The van der Waals surface area contributed by atoms with Crippen LogP contribution in [-0.4, -0.2) is 22.5 Å². The number of carbonyl (C=O) groups excluding carboxylic acids is 1.